The first-order valence-corrected chi connectivity index (χ1v) is 8.26. The Morgan fingerprint density at radius 3 is 2.52 bits per heavy atom. The lowest BCUT2D eigenvalue weighted by atomic mass is 9.87. The Morgan fingerprint density at radius 2 is 1.95 bits per heavy atom. The lowest BCUT2D eigenvalue weighted by Gasteiger charge is -2.33. The summed E-state index contributed by atoms with van der Waals surface area (Å²) < 4.78 is 0. The van der Waals surface area contributed by atoms with E-state index in [1.54, 1.807) is 0 Å². The van der Waals surface area contributed by atoms with Gasteiger partial charge in [0.15, 0.2) is 0 Å². The van der Waals surface area contributed by atoms with Crippen molar-refractivity contribution in [2.45, 2.75) is 72.0 Å². The van der Waals surface area contributed by atoms with E-state index in [2.05, 4.69) is 49.9 Å². The molecular weight excluding hydrogens is 260 g/mol. The molecule has 1 aromatic heterocycles. The molecule has 1 heterocycles. The van der Waals surface area contributed by atoms with Gasteiger partial charge in [-0.1, -0.05) is 20.8 Å². The molecule has 4 heteroatoms. The van der Waals surface area contributed by atoms with Crippen LogP contribution < -0.4 is 10.2 Å². The zero-order valence-electron chi connectivity index (χ0n) is 14.2. The number of anilines is 1. The van der Waals surface area contributed by atoms with Gasteiger partial charge in [-0.3, -0.25) is 0 Å². The summed E-state index contributed by atoms with van der Waals surface area (Å²) in [5.74, 6) is 1.75. The van der Waals surface area contributed by atoms with Crippen LogP contribution in [0.2, 0.25) is 0 Å². The van der Waals surface area contributed by atoms with Gasteiger partial charge in [0, 0.05) is 43.1 Å². The SMILES string of the molecule is Cc1nc(N(C)C2CCC(C)CC2)ncc1CNC(C)C. The number of hydrogen-bond donors (Lipinski definition) is 1. The summed E-state index contributed by atoms with van der Waals surface area (Å²) in [7, 11) is 2.14. The van der Waals surface area contributed by atoms with Crippen LogP contribution >= 0.6 is 0 Å². The molecule has 0 saturated heterocycles. The van der Waals surface area contributed by atoms with Gasteiger partial charge in [0.25, 0.3) is 0 Å². The van der Waals surface area contributed by atoms with E-state index in [-0.39, 0.29) is 0 Å². The summed E-state index contributed by atoms with van der Waals surface area (Å²) in [5.41, 5.74) is 2.28. The summed E-state index contributed by atoms with van der Waals surface area (Å²) in [6.07, 6.45) is 7.15. The first kappa shape index (κ1) is 16.2. The lowest BCUT2D eigenvalue weighted by molar-refractivity contribution is 0.339. The predicted molar refractivity (Wildman–Crippen MR) is 88.6 cm³/mol. The van der Waals surface area contributed by atoms with E-state index >= 15 is 0 Å². The second kappa shape index (κ2) is 7.21. The maximum Gasteiger partial charge on any atom is 0.225 e. The summed E-state index contributed by atoms with van der Waals surface area (Å²) >= 11 is 0. The molecule has 0 radical (unpaired) electrons. The number of nitrogens with zero attached hydrogens (tertiary/aromatic N) is 3. The molecule has 0 aromatic carbocycles. The maximum atomic E-state index is 4.72. The van der Waals surface area contributed by atoms with Crippen molar-refractivity contribution in [2.75, 3.05) is 11.9 Å². The van der Waals surface area contributed by atoms with Gasteiger partial charge < -0.3 is 10.2 Å². The largest absolute Gasteiger partial charge is 0.341 e. The first-order valence-electron chi connectivity index (χ1n) is 8.26. The van der Waals surface area contributed by atoms with Crippen LogP contribution in [-0.2, 0) is 6.54 Å². The van der Waals surface area contributed by atoms with Crippen LogP contribution in [0, 0.1) is 12.8 Å². The van der Waals surface area contributed by atoms with Gasteiger partial charge in [0.1, 0.15) is 0 Å². The molecule has 21 heavy (non-hydrogen) atoms. The van der Waals surface area contributed by atoms with Crippen LogP contribution in [0.25, 0.3) is 0 Å². The van der Waals surface area contributed by atoms with Crippen molar-refractivity contribution in [3.8, 4) is 0 Å². The molecule has 0 unspecified atom stereocenters. The summed E-state index contributed by atoms with van der Waals surface area (Å²) in [6, 6.07) is 1.08. The van der Waals surface area contributed by atoms with Crippen molar-refractivity contribution in [2.24, 2.45) is 5.92 Å². The second-order valence-corrected chi connectivity index (χ2v) is 6.84. The fourth-order valence-corrected chi connectivity index (χ4v) is 2.93. The highest BCUT2D eigenvalue weighted by atomic mass is 15.3. The van der Waals surface area contributed by atoms with Gasteiger partial charge in [-0.15, -0.1) is 0 Å². The minimum absolute atomic E-state index is 0.482. The van der Waals surface area contributed by atoms with Crippen LogP contribution in [-0.4, -0.2) is 29.1 Å². The minimum Gasteiger partial charge on any atom is -0.341 e. The van der Waals surface area contributed by atoms with Crippen molar-refractivity contribution >= 4 is 5.95 Å². The average molecular weight is 290 g/mol. The molecule has 1 aliphatic carbocycles. The predicted octanol–water partition coefficient (Wildman–Crippen LogP) is 3.30. The Bertz CT molecular complexity index is 450. The molecule has 0 aliphatic heterocycles. The minimum atomic E-state index is 0.482. The third-order valence-corrected chi connectivity index (χ3v) is 4.62. The number of nitrogens with one attached hydrogen (secondary N) is 1. The Labute approximate surface area is 129 Å². The van der Waals surface area contributed by atoms with E-state index in [0.717, 1.165) is 24.1 Å². The Morgan fingerprint density at radius 1 is 1.29 bits per heavy atom. The normalized spacial score (nSPS) is 22.6. The molecule has 1 saturated carbocycles. The standard InChI is InChI=1S/C17H30N4/c1-12(2)18-10-15-11-19-17(20-14(15)4)21(5)16-8-6-13(3)7-9-16/h11-13,16,18H,6-10H2,1-5H3. The molecule has 0 bridgehead atoms. The molecule has 1 N–H and O–H groups in total. The van der Waals surface area contributed by atoms with Crippen molar-refractivity contribution in [3.63, 3.8) is 0 Å². The Balaban J connectivity index is 2.01. The number of hydrogen-bond acceptors (Lipinski definition) is 4. The van der Waals surface area contributed by atoms with Gasteiger partial charge in [0.05, 0.1) is 0 Å². The van der Waals surface area contributed by atoms with Crippen molar-refractivity contribution in [1.82, 2.24) is 15.3 Å². The molecule has 0 amide bonds. The van der Waals surface area contributed by atoms with Crippen LogP contribution in [0.15, 0.2) is 6.20 Å². The van der Waals surface area contributed by atoms with Crippen molar-refractivity contribution in [3.05, 3.63) is 17.5 Å². The van der Waals surface area contributed by atoms with Gasteiger partial charge in [0.2, 0.25) is 5.95 Å². The monoisotopic (exact) mass is 290 g/mol. The molecule has 1 aromatic rings. The number of aromatic nitrogens is 2. The molecular formula is C17H30N4. The van der Waals surface area contributed by atoms with E-state index < -0.39 is 0 Å². The van der Waals surface area contributed by atoms with Gasteiger partial charge >= 0.3 is 0 Å². The molecule has 0 spiro atoms. The van der Waals surface area contributed by atoms with Gasteiger partial charge in [-0.05, 0) is 38.5 Å². The smallest absolute Gasteiger partial charge is 0.225 e. The van der Waals surface area contributed by atoms with E-state index in [4.69, 9.17) is 4.98 Å². The Hall–Kier alpha value is -1.16. The van der Waals surface area contributed by atoms with E-state index in [1.807, 2.05) is 6.20 Å². The molecule has 1 fully saturated rings. The van der Waals surface area contributed by atoms with Crippen molar-refractivity contribution in [1.29, 1.82) is 0 Å². The van der Waals surface area contributed by atoms with Gasteiger partial charge in [-0.25, -0.2) is 9.97 Å². The van der Waals surface area contributed by atoms with Crippen LogP contribution in [0.4, 0.5) is 5.95 Å². The number of aryl methyl sites for hydroxylation is 1. The summed E-state index contributed by atoms with van der Waals surface area (Å²) in [4.78, 5) is 11.6. The van der Waals surface area contributed by atoms with E-state index in [0.29, 0.717) is 12.1 Å². The fraction of sp³-hybridized carbons (Fsp3) is 0.765. The first-order chi connectivity index (χ1) is 9.97. The summed E-state index contributed by atoms with van der Waals surface area (Å²) in [6.45, 7) is 9.59. The molecule has 0 atom stereocenters. The number of rotatable bonds is 5. The van der Waals surface area contributed by atoms with Crippen LogP contribution in [0.5, 0.6) is 0 Å². The van der Waals surface area contributed by atoms with E-state index in [9.17, 15) is 0 Å². The van der Waals surface area contributed by atoms with Crippen LogP contribution in [0.1, 0.15) is 57.7 Å². The quantitative estimate of drug-likeness (QED) is 0.903. The van der Waals surface area contributed by atoms with E-state index in [1.165, 1.54) is 31.2 Å². The zero-order chi connectivity index (χ0) is 15.4. The third kappa shape index (κ3) is 4.40. The highest BCUT2D eigenvalue weighted by Gasteiger charge is 2.23. The molecule has 1 aliphatic rings. The molecule has 4 nitrogen and oxygen atoms in total. The maximum absolute atomic E-state index is 4.72. The third-order valence-electron chi connectivity index (χ3n) is 4.62. The molecule has 2 rings (SSSR count). The lowest BCUT2D eigenvalue weighted by Crippen LogP contribution is -2.36. The van der Waals surface area contributed by atoms with Crippen LogP contribution in [0.3, 0.4) is 0 Å². The topological polar surface area (TPSA) is 41.1 Å². The molecule has 118 valence electrons. The summed E-state index contributed by atoms with van der Waals surface area (Å²) in [5, 5.41) is 3.43. The second-order valence-electron chi connectivity index (χ2n) is 6.84. The fourth-order valence-electron chi connectivity index (χ4n) is 2.93. The van der Waals surface area contributed by atoms with Crippen molar-refractivity contribution < 1.29 is 0 Å². The zero-order valence-corrected chi connectivity index (χ0v) is 14.2. The average Bonchev–Trinajstić information content (AvgIpc) is 2.46. The van der Waals surface area contributed by atoms with Gasteiger partial charge in [-0.2, -0.15) is 0 Å². The highest BCUT2D eigenvalue weighted by Crippen LogP contribution is 2.28. The highest BCUT2D eigenvalue weighted by molar-refractivity contribution is 5.33. The Kier molecular flexibility index (Phi) is 5.57.